The van der Waals surface area contributed by atoms with Gasteiger partial charge in [-0.3, -0.25) is 9.69 Å². The summed E-state index contributed by atoms with van der Waals surface area (Å²) in [7, 11) is 5.27. The average Bonchev–Trinajstić information content (AvgIpc) is 1.84. The van der Waals surface area contributed by atoms with E-state index in [4.69, 9.17) is 12.2 Å². The molecule has 0 rings (SSSR count). The Balaban J connectivity index is 4.08. The van der Waals surface area contributed by atoms with Gasteiger partial charge < -0.3 is 4.90 Å². The molecule has 0 aliphatic carbocycles. The Bertz CT molecular complexity index is 156. The molecule has 0 aliphatic rings. The van der Waals surface area contributed by atoms with Crippen molar-refractivity contribution in [2.24, 2.45) is 0 Å². The molecule has 0 aromatic carbocycles. The van der Waals surface area contributed by atoms with E-state index in [9.17, 15) is 4.79 Å². The molecule has 0 unspecified atom stereocenters. The standard InChI is InChI=1S/C6H12N2OS/c1-5(9)8(4)6(10)7(2)3/h1-4H3. The molecule has 0 saturated heterocycles. The van der Waals surface area contributed by atoms with Crippen LogP contribution in [0.2, 0.25) is 0 Å². The molecule has 0 aromatic rings. The van der Waals surface area contributed by atoms with Crippen molar-refractivity contribution in [3.8, 4) is 0 Å². The van der Waals surface area contributed by atoms with Crippen LogP contribution in [0, 0.1) is 0 Å². The zero-order chi connectivity index (χ0) is 8.31. The van der Waals surface area contributed by atoms with Gasteiger partial charge in [-0.1, -0.05) is 0 Å². The van der Waals surface area contributed by atoms with Gasteiger partial charge in [-0.05, 0) is 12.2 Å². The summed E-state index contributed by atoms with van der Waals surface area (Å²) in [4.78, 5) is 13.8. The van der Waals surface area contributed by atoms with Gasteiger partial charge in [0.15, 0.2) is 5.11 Å². The zero-order valence-corrected chi connectivity index (χ0v) is 7.53. The van der Waals surface area contributed by atoms with Crippen molar-refractivity contribution >= 4 is 23.2 Å². The normalized spacial score (nSPS) is 8.80. The van der Waals surface area contributed by atoms with Crippen LogP contribution < -0.4 is 0 Å². The van der Waals surface area contributed by atoms with Crippen LogP contribution in [-0.2, 0) is 4.79 Å². The first-order valence-corrected chi connectivity index (χ1v) is 3.33. The monoisotopic (exact) mass is 160 g/mol. The largest absolute Gasteiger partial charge is 0.355 e. The third-order valence-corrected chi connectivity index (χ3v) is 1.78. The van der Waals surface area contributed by atoms with Gasteiger partial charge >= 0.3 is 0 Å². The lowest BCUT2D eigenvalue weighted by Crippen LogP contribution is -2.38. The lowest BCUT2D eigenvalue weighted by molar-refractivity contribution is -0.124. The Kier molecular flexibility index (Phi) is 3.28. The van der Waals surface area contributed by atoms with E-state index in [0.29, 0.717) is 5.11 Å². The molecular weight excluding hydrogens is 148 g/mol. The van der Waals surface area contributed by atoms with Crippen LogP contribution in [0.4, 0.5) is 0 Å². The van der Waals surface area contributed by atoms with E-state index in [0.717, 1.165) is 0 Å². The molecule has 0 radical (unpaired) electrons. The third kappa shape index (κ3) is 2.31. The van der Waals surface area contributed by atoms with Gasteiger partial charge in [0.05, 0.1) is 0 Å². The minimum Gasteiger partial charge on any atom is -0.355 e. The van der Waals surface area contributed by atoms with Crippen molar-refractivity contribution < 1.29 is 4.79 Å². The summed E-state index contributed by atoms with van der Waals surface area (Å²) >= 11 is 4.91. The topological polar surface area (TPSA) is 23.6 Å². The molecule has 3 nitrogen and oxygen atoms in total. The summed E-state index contributed by atoms with van der Waals surface area (Å²) in [5.41, 5.74) is 0. The van der Waals surface area contributed by atoms with Crippen LogP contribution in [0.3, 0.4) is 0 Å². The smallest absolute Gasteiger partial charge is 0.225 e. The third-order valence-electron chi connectivity index (χ3n) is 1.14. The van der Waals surface area contributed by atoms with E-state index < -0.39 is 0 Å². The molecule has 10 heavy (non-hydrogen) atoms. The van der Waals surface area contributed by atoms with E-state index in [1.165, 1.54) is 11.8 Å². The fraction of sp³-hybridized carbons (Fsp3) is 0.667. The molecule has 0 heterocycles. The molecule has 0 saturated carbocycles. The molecule has 0 N–H and O–H groups in total. The fourth-order valence-corrected chi connectivity index (χ4v) is 0.563. The van der Waals surface area contributed by atoms with E-state index >= 15 is 0 Å². The number of thiocarbonyl (C=S) groups is 1. The van der Waals surface area contributed by atoms with Crippen LogP contribution in [0.1, 0.15) is 6.92 Å². The highest BCUT2D eigenvalue weighted by Gasteiger charge is 2.08. The molecule has 0 atom stereocenters. The minimum absolute atomic E-state index is 0.0429. The fourth-order valence-electron chi connectivity index (χ4n) is 0.435. The van der Waals surface area contributed by atoms with Crippen LogP contribution in [-0.4, -0.2) is 42.0 Å². The molecule has 58 valence electrons. The Hall–Kier alpha value is -0.640. The first kappa shape index (κ1) is 9.36. The van der Waals surface area contributed by atoms with Crippen molar-refractivity contribution in [3.05, 3.63) is 0 Å². The molecule has 1 amide bonds. The summed E-state index contributed by atoms with van der Waals surface area (Å²) in [6.07, 6.45) is 0. The highest BCUT2D eigenvalue weighted by molar-refractivity contribution is 7.80. The number of carbonyl (C=O) groups is 1. The molecule has 0 aromatic heterocycles. The maximum atomic E-state index is 10.7. The van der Waals surface area contributed by atoms with Crippen LogP contribution >= 0.6 is 12.2 Å². The van der Waals surface area contributed by atoms with Gasteiger partial charge in [-0.25, -0.2) is 0 Å². The Morgan fingerprint density at radius 1 is 1.30 bits per heavy atom. The van der Waals surface area contributed by atoms with Gasteiger partial charge in [-0.15, -0.1) is 0 Å². The maximum Gasteiger partial charge on any atom is 0.225 e. The van der Waals surface area contributed by atoms with Crippen molar-refractivity contribution in [1.82, 2.24) is 9.80 Å². The summed E-state index contributed by atoms with van der Waals surface area (Å²) in [6.45, 7) is 1.48. The summed E-state index contributed by atoms with van der Waals surface area (Å²) in [5.74, 6) is -0.0429. The average molecular weight is 160 g/mol. The van der Waals surface area contributed by atoms with E-state index in [1.54, 1.807) is 11.9 Å². The van der Waals surface area contributed by atoms with E-state index in [-0.39, 0.29) is 5.91 Å². The van der Waals surface area contributed by atoms with Gasteiger partial charge in [0.2, 0.25) is 5.91 Å². The lowest BCUT2D eigenvalue weighted by Gasteiger charge is -2.21. The van der Waals surface area contributed by atoms with Crippen molar-refractivity contribution in [3.63, 3.8) is 0 Å². The summed E-state index contributed by atoms with van der Waals surface area (Å²) < 4.78 is 0. The van der Waals surface area contributed by atoms with Crippen LogP contribution in [0.25, 0.3) is 0 Å². The van der Waals surface area contributed by atoms with Crippen LogP contribution in [0.5, 0.6) is 0 Å². The molecule has 0 spiro atoms. The summed E-state index contributed by atoms with van der Waals surface area (Å²) in [5, 5.41) is 0.535. The van der Waals surface area contributed by atoms with Gasteiger partial charge in [0.1, 0.15) is 0 Å². The van der Waals surface area contributed by atoms with Crippen molar-refractivity contribution in [2.75, 3.05) is 21.1 Å². The second-order valence-electron chi connectivity index (χ2n) is 2.26. The quantitative estimate of drug-likeness (QED) is 0.476. The van der Waals surface area contributed by atoms with E-state index in [1.807, 2.05) is 14.1 Å². The maximum absolute atomic E-state index is 10.7. The summed E-state index contributed by atoms with van der Waals surface area (Å²) in [6, 6.07) is 0. The molecule has 0 bridgehead atoms. The number of hydrogen-bond donors (Lipinski definition) is 0. The second-order valence-corrected chi connectivity index (χ2v) is 2.62. The highest BCUT2D eigenvalue weighted by Crippen LogP contribution is 1.91. The molecule has 0 aliphatic heterocycles. The number of hydrogen-bond acceptors (Lipinski definition) is 2. The zero-order valence-electron chi connectivity index (χ0n) is 6.71. The highest BCUT2D eigenvalue weighted by atomic mass is 32.1. The Morgan fingerprint density at radius 2 is 1.70 bits per heavy atom. The molecular formula is C6H12N2OS. The van der Waals surface area contributed by atoms with Gasteiger partial charge in [0, 0.05) is 28.1 Å². The van der Waals surface area contributed by atoms with E-state index in [2.05, 4.69) is 0 Å². The Morgan fingerprint density at radius 3 is 1.80 bits per heavy atom. The van der Waals surface area contributed by atoms with Crippen molar-refractivity contribution in [2.45, 2.75) is 6.92 Å². The first-order chi connectivity index (χ1) is 4.46. The van der Waals surface area contributed by atoms with Crippen LogP contribution in [0.15, 0.2) is 0 Å². The molecule has 4 heteroatoms. The first-order valence-electron chi connectivity index (χ1n) is 2.92. The number of carbonyl (C=O) groups excluding carboxylic acids is 1. The number of nitrogens with zero attached hydrogens (tertiary/aromatic N) is 2. The van der Waals surface area contributed by atoms with Gasteiger partial charge in [0.25, 0.3) is 0 Å². The van der Waals surface area contributed by atoms with Crippen molar-refractivity contribution in [1.29, 1.82) is 0 Å². The number of rotatable bonds is 0. The second kappa shape index (κ2) is 3.51. The predicted octanol–water partition coefficient (Wildman–Crippen LogP) is 0.311. The Labute approximate surface area is 66.6 Å². The van der Waals surface area contributed by atoms with Gasteiger partial charge in [-0.2, -0.15) is 0 Å². The number of amides is 1. The molecule has 0 fully saturated rings. The minimum atomic E-state index is -0.0429. The lowest BCUT2D eigenvalue weighted by atomic mass is 10.6. The SMILES string of the molecule is CC(=O)N(C)C(=S)N(C)C. The predicted molar refractivity (Wildman–Crippen MR) is 44.7 cm³/mol.